The minimum Gasteiger partial charge on any atom is -0.497 e. The number of fused-ring (bicyclic) bond motifs is 1. The molecule has 7 heteroatoms. The maximum atomic E-state index is 13.5. The molecule has 3 aromatic carbocycles. The van der Waals surface area contributed by atoms with Crippen molar-refractivity contribution >= 4 is 23.8 Å². The van der Waals surface area contributed by atoms with Gasteiger partial charge in [0.2, 0.25) is 0 Å². The molecule has 0 spiro atoms. The van der Waals surface area contributed by atoms with E-state index in [1.807, 2.05) is 60.7 Å². The third-order valence-corrected chi connectivity index (χ3v) is 6.29. The lowest BCUT2D eigenvalue weighted by Crippen LogP contribution is -2.33. The monoisotopic (exact) mass is 501 g/mol. The van der Waals surface area contributed by atoms with Gasteiger partial charge in [-0.05, 0) is 71.7 Å². The molecule has 0 fully saturated rings. The van der Waals surface area contributed by atoms with Gasteiger partial charge >= 0.3 is 0 Å². The van der Waals surface area contributed by atoms with Crippen LogP contribution in [0.5, 0.6) is 28.7 Å². The van der Waals surface area contributed by atoms with Crippen molar-refractivity contribution in [1.82, 2.24) is 4.90 Å². The Morgan fingerprint density at radius 3 is 2.00 bits per heavy atom. The van der Waals surface area contributed by atoms with Gasteiger partial charge in [-0.25, -0.2) is 0 Å². The Labute approximate surface area is 217 Å². The molecule has 1 aliphatic rings. The van der Waals surface area contributed by atoms with E-state index in [1.165, 1.54) is 0 Å². The van der Waals surface area contributed by atoms with Crippen molar-refractivity contribution in [2.24, 2.45) is 0 Å². The van der Waals surface area contributed by atoms with Crippen molar-refractivity contribution in [3.63, 3.8) is 0 Å². The SMILES string of the molecule is COc1ccc(C=CC(=O)N2CCc3cc(OC)c(OC)cc3C2=Cc2ccc(OC)c(OC)c2)cc1. The third kappa shape index (κ3) is 5.56. The number of methoxy groups -OCH3 is 5. The van der Waals surface area contributed by atoms with Gasteiger partial charge in [-0.15, -0.1) is 0 Å². The van der Waals surface area contributed by atoms with Gasteiger partial charge in [0.25, 0.3) is 5.91 Å². The van der Waals surface area contributed by atoms with Crippen molar-refractivity contribution in [1.29, 1.82) is 0 Å². The minimum absolute atomic E-state index is 0.122. The van der Waals surface area contributed by atoms with Crippen molar-refractivity contribution < 1.29 is 28.5 Å². The smallest absolute Gasteiger partial charge is 0.251 e. The highest BCUT2D eigenvalue weighted by Gasteiger charge is 2.27. The highest BCUT2D eigenvalue weighted by atomic mass is 16.5. The van der Waals surface area contributed by atoms with E-state index in [9.17, 15) is 4.79 Å². The number of hydrogen-bond acceptors (Lipinski definition) is 6. The van der Waals surface area contributed by atoms with E-state index in [1.54, 1.807) is 52.6 Å². The van der Waals surface area contributed by atoms with Crippen LogP contribution in [0.4, 0.5) is 0 Å². The van der Waals surface area contributed by atoms with Gasteiger partial charge in [0, 0.05) is 18.2 Å². The molecule has 1 aliphatic heterocycles. The number of benzene rings is 3. The summed E-state index contributed by atoms with van der Waals surface area (Å²) < 4.78 is 27.2. The van der Waals surface area contributed by atoms with Crippen molar-refractivity contribution in [2.75, 3.05) is 42.1 Å². The maximum Gasteiger partial charge on any atom is 0.251 e. The van der Waals surface area contributed by atoms with Crippen LogP contribution in [0.2, 0.25) is 0 Å². The Hall–Kier alpha value is -4.39. The van der Waals surface area contributed by atoms with Crippen LogP contribution < -0.4 is 23.7 Å². The van der Waals surface area contributed by atoms with E-state index in [4.69, 9.17) is 23.7 Å². The Bertz CT molecular complexity index is 1330. The van der Waals surface area contributed by atoms with Gasteiger partial charge in [0.1, 0.15) is 5.75 Å². The van der Waals surface area contributed by atoms with E-state index in [0.717, 1.165) is 33.7 Å². The first kappa shape index (κ1) is 25.7. The molecule has 0 aromatic heterocycles. The highest BCUT2D eigenvalue weighted by molar-refractivity contribution is 6.01. The van der Waals surface area contributed by atoms with Crippen LogP contribution in [0.1, 0.15) is 22.3 Å². The van der Waals surface area contributed by atoms with Gasteiger partial charge < -0.3 is 28.6 Å². The molecule has 7 nitrogen and oxygen atoms in total. The van der Waals surface area contributed by atoms with Gasteiger partial charge in [0.05, 0.1) is 41.2 Å². The van der Waals surface area contributed by atoms with Gasteiger partial charge in [0.15, 0.2) is 23.0 Å². The van der Waals surface area contributed by atoms with Crippen LogP contribution in [-0.2, 0) is 11.2 Å². The number of rotatable bonds is 8. The molecule has 3 aromatic rings. The highest BCUT2D eigenvalue weighted by Crippen LogP contribution is 2.39. The number of carbonyl (C=O) groups excluding carboxylic acids is 1. The fraction of sp³-hybridized carbons (Fsp3) is 0.233. The van der Waals surface area contributed by atoms with Crippen molar-refractivity contribution in [3.05, 3.63) is 82.9 Å². The molecular weight excluding hydrogens is 470 g/mol. The van der Waals surface area contributed by atoms with Crippen LogP contribution in [0.15, 0.2) is 60.7 Å². The second-order valence-corrected chi connectivity index (χ2v) is 8.35. The lowest BCUT2D eigenvalue weighted by molar-refractivity contribution is -0.123. The quantitative estimate of drug-likeness (QED) is 0.389. The van der Waals surface area contributed by atoms with Gasteiger partial charge in [-0.1, -0.05) is 18.2 Å². The molecule has 0 radical (unpaired) electrons. The van der Waals surface area contributed by atoms with Crippen molar-refractivity contribution in [3.8, 4) is 28.7 Å². The first-order valence-electron chi connectivity index (χ1n) is 11.8. The van der Waals surface area contributed by atoms with Crippen LogP contribution in [0.3, 0.4) is 0 Å². The molecular formula is C30H31NO6. The number of amides is 1. The second-order valence-electron chi connectivity index (χ2n) is 8.35. The third-order valence-electron chi connectivity index (χ3n) is 6.29. The number of ether oxygens (including phenoxy) is 5. The topological polar surface area (TPSA) is 66.5 Å². The summed E-state index contributed by atoms with van der Waals surface area (Å²) in [6.07, 6.45) is 6.06. The summed E-state index contributed by atoms with van der Waals surface area (Å²) in [6, 6.07) is 17.1. The average Bonchev–Trinajstić information content (AvgIpc) is 2.95. The molecule has 192 valence electrons. The molecule has 0 saturated carbocycles. The lowest BCUT2D eigenvalue weighted by Gasteiger charge is -2.32. The number of hydrogen-bond donors (Lipinski definition) is 0. The average molecular weight is 502 g/mol. The maximum absolute atomic E-state index is 13.5. The molecule has 0 N–H and O–H groups in total. The standard InChI is InChI=1S/C30H31NO6/c1-33-23-10-6-20(7-11-23)9-13-30(32)31-15-14-22-18-28(36-4)29(37-5)19-24(22)25(31)16-21-8-12-26(34-2)27(17-21)35-3/h6-13,16-19H,14-15H2,1-5H3. The Kier molecular flexibility index (Phi) is 8.03. The normalized spacial score (nSPS) is 13.9. The predicted molar refractivity (Wildman–Crippen MR) is 144 cm³/mol. The molecule has 1 heterocycles. The molecule has 0 unspecified atom stereocenters. The van der Waals surface area contributed by atoms with E-state index in [2.05, 4.69) is 0 Å². The summed E-state index contributed by atoms with van der Waals surface area (Å²) in [5.41, 5.74) is 4.52. The van der Waals surface area contributed by atoms with Gasteiger partial charge in [-0.2, -0.15) is 0 Å². The zero-order valence-corrected chi connectivity index (χ0v) is 21.7. The first-order chi connectivity index (χ1) is 18.0. The Balaban J connectivity index is 1.76. The van der Waals surface area contributed by atoms with Crippen LogP contribution >= 0.6 is 0 Å². The summed E-state index contributed by atoms with van der Waals surface area (Å²) >= 11 is 0. The van der Waals surface area contributed by atoms with Crippen LogP contribution in [0.25, 0.3) is 17.8 Å². The lowest BCUT2D eigenvalue weighted by atomic mass is 9.94. The predicted octanol–water partition coefficient (Wildman–Crippen LogP) is 5.33. The van der Waals surface area contributed by atoms with E-state index >= 15 is 0 Å². The number of carbonyl (C=O) groups is 1. The Morgan fingerprint density at radius 1 is 0.730 bits per heavy atom. The first-order valence-corrected chi connectivity index (χ1v) is 11.8. The van der Waals surface area contributed by atoms with Crippen molar-refractivity contribution in [2.45, 2.75) is 6.42 Å². The molecule has 4 rings (SSSR count). The van der Waals surface area contributed by atoms with E-state index in [0.29, 0.717) is 36.0 Å². The summed E-state index contributed by atoms with van der Waals surface area (Å²) in [4.78, 5) is 15.3. The zero-order chi connectivity index (χ0) is 26.4. The number of nitrogens with zero attached hydrogens (tertiary/aromatic N) is 1. The molecule has 37 heavy (non-hydrogen) atoms. The molecule has 0 aliphatic carbocycles. The van der Waals surface area contributed by atoms with E-state index in [-0.39, 0.29) is 5.91 Å². The molecule has 0 saturated heterocycles. The fourth-order valence-corrected chi connectivity index (χ4v) is 4.32. The molecule has 0 bridgehead atoms. The van der Waals surface area contributed by atoms with E-state index < -0.39 is 0 Å². The second kappa shape index (κ2) is 11.6. The summed E-state index contributed by atoms with van der Waals surface area (Å²) in [6.45, 7) is 0.521. The van der Waals surface area contributed by atoms with Crippen LogP contribution in [0, 0.1) is 0 Å². The summed E-state index contributed by atoms with van der Waals surface area (Å²) in [7, 11) is 8.04. The molecule has 0 atom stereocenters. The summed E-state index contributed by atoms with van der Waals surface area (Å²) in [5.74, 6) is 3.14. The summed E-state index contributed by atoms with van der Waals surface area (Å²) in [5, 5.41) is 0. The van der Waals surface area contributed by atoms with Gasteiger partial charge in [-0.3, -0.25) is 4.79 Å². The van der Waals surface area contributed by atoms with Crippen LogP contribution in [-0.4, -0.2) is 52.9 Å². The largest absolute Gasteiger partial charge is 0.497 e. The molecule has 1 amide bonds. The zero-order valence-electron chi connectivity index (χ0n) is 21.7. The minimum atomic E-state index is -0.122. The fourth-order valence-electron chi connectivity index (χ4n) is 4.32. The Morgan fingerprint density at radius 2 is 1.35 bits per heavy atom.